The van der Waals surface area contributed by atoms with Crippen molar-refractivity contribution in [3.05, 3.63) is 63.6 Å². The van der Waals surface area contributed by atoms with Gasteiger partial charge in [-0.15, -0.1) is 0 Å². The predicted octanol–water partition coefficient (Wildman–Crippen LogP) is 5.98. The Hall–Kier alpha value is -1.97. The summed E-state index contributed by atoms with van der Waals surface area (Å²) in [5.74, 6) is 0. The van der Waals surface area contributed by atoms with Crippen molar-refractivity contribution < 1.29 is 26.4 Å². The molecular weight excluding hydrogens is 452 g/mol. The third kappa shape index (κ3) is 6.52. The van der Waals surface area contributed by atoms with Crippen molar-refractivity contribution in [2.45, 2.75) is 31.9 Å². The minimum absolute atomic E-state index is 0.0918. The van der Waals surface area contributed by atoms with Crippen LogP contribution in [0.3, 0.4) is 0 Å². The minimum Gasteiger partial charge on any atom is -0.391 e. The van der Waals surface area contributed by atoms with Crippen LogP contribution in [-0.4, -0.2) is 19.6 Å². The molecule has 158 valence electrons. The molecule has 0 aliphatic rings. The molecule has 0 heterocycles. The molecule has 5 nitrogen and oxygen atoms in total. The number of halogens is 5. The maximum absolute atomic E-state index is 12.8. The first-order valence-electron chi connectivity index (χ1n) is 8.35. The maximum Gasteiger partial charge on any atom is 0.516 e. The van der Waals surface area contributed by atoms with Gasteiger partial charge in [-0.1, -0.05) is 53.8 Å². The van der Waals surface area contributed by atoms with Gasteiger partial charge < -0.3 is 4.84 Å². The summed E-state index contributed by atoms with van der Waals surface area (Å²) in [5, 5.41) is 4.77. The van der Waals surface area contributed by atoms with Gasteiger partial charge in [0.2, 0.25) is 0 Å². The second kappa shape index (κ2) is 9.69. The Balaban J connectivity index is 2.33. The lowest BCUT2D eigenvalue weighted by Crippen LogP contribution is -2.30. The molecule has 0 saturated carbocycles. The highest BCUT2D eigenvalue weighted by molar-refractivity contribution is 7.93. The lowest BCUT2D eigenvalue weighted by molar-refractivity contribution is -0.0429. The van der Waals surface area contributed by atoms with Crippen LogP contribution in [0.5, 0.6) is 0 Å². The van der Waals surface area contributed by atoms with Crippen molar-refractivity contribution >= 4 is 44.6 Å². The Labute approximate surface area is 176 Å². The average molecular weight is 469 g/mol. The van der Waals surface area contributed by atoms with Crippen LogP contribution >= 0.6 is 23.2 Å². The number of oxime groups is 1. The van der Waals surface area contributed by atoms with E-state index < -0.39 is 15.5 Å². The Bertz CT molecular complexity index is 979. The largest absolute Gasteiger partial charge is 0.516 e. The molecule has 2 aromatic carbocycles. The standard InChI is InChI=1S/C18H17Cl2F3N2O3S/c1-2-3-16(24-28-11-12-4-6-13(19)7-5-12)15-10-14(20)8-9-17(15)25-29(26,27)18(21,22)23/h4-10,25H,2-3,11H2,1H3/b24-16+. The smallest absolute Gasteiger partial charge is 0.391 e. The first-order chi connectivity index (χ1) is 13.5. The van der Waals surface area contributed by atoms with E-state index in [1.165, 1.54) is 12.1 Å². The Morgan fingerprint density at radius 3 is 2.31 bits per heavy atom. The zero-order valence-electron chi connectivity index (χ0n) is 15.1. The minimum atomic E-state index is -5.60. The normalized spacial score (nSPS) is 12.7. The summed E-state index contributed by atoms with van der Waals surface area (Å²) in [7, 11) is -5.60. The molecule has 0 aliphatic carbocycles. The zero-order valence-corrected chi connectivity index (χ0v) is 17.5. The van der Waals surface area contributed by atoms with Crippen LogP contribution in [0.25, 0.3) is 0 Å². The third-order valence-corrected chi connectivity index (χ3v) is 5.23. The third-order valence-electron chi connectivity index (χ3n) is 3.65. The number of nitrogens with zero attached hydrogens (tertiary/aromatic N) is 1. The van der Waals surface area contributed by atoms with Crippen molar-refractivity contribution in [3.63, 3.8) is 0 Å². The number of alkyl halides is 3. The Morgan fingerprint density at radius 2 is 1.72 bits per heavy atom. The van der Waals surface area contributed by atoms with Crippen LogP contribution in [0, 0.1) is 0 Å². The summed E-state index contributed by atoms with van der Waals surface area (Å²) in [6.07, 6.45) is 0.906. The Morgan fingerprint density at radius 1 is 1.10 bits per heavy atom. The number of sulfonamides is 1. The van der Waals surface area contributed by atoms with Gasteiger partial charge in [0.05, 0.1) is 11.4 Å². The number of benzene rings is 2. The summed E-state index contributed by atoms with van der Waals surface area (Å²) in [6.45, 7) is 1.92. The van der Waals surface area contributed by atoms with E-state index in [-0.39, 0.29) is 28.6 Å². The number of nitrogens with one attached hydrogen (secondary N) is 1. The quantitative estimate of drug-likeness (QED) is 0.382. The summed E-state index contributed by atoms with van der Waals surface area (Å²) in [5.41, 5.74) is -4.63. The lowest BCUT2D eigenvalue weighted by atomic mass is 10.0. The van der Waals surface area contributed by atoms with Crippen LogP contribution in [0.4, 0.5) is 18.9 Å². The van der Waals surface area contributed by atoms with E-state index in [4.69, 9.17) is 28.0 Å². The van der Waals surface area contributed by atoms with Crippen LogP contribution in [0.1, 0.15) is 30.9 Å². The molecule has 2 rings (SSSR count). The number of anilines is 1. The molecule has 0 saturated heterocycles. The van der Waals surface area contributed by atoms with Crippen molar-refractivity contribution in [1.29, 1.82) is 0 Å². The molecule has 0 spiro atoms. The van der Waals surface area contributed by atoms with Gasteiger partial charge in [-0.3, -0.25) is 4.72 Å². The van der Waals surface area contributed by atoms with E-state index in [0.29, 0.717) is 17.9 Å². The first kappa shape index (κ1) is 23.3. The van der Waals surface area contributed by atoms with Gasteiger partial charge in [-0.2, -0.15) is 21.6 Å². The topological polar surface area (TPSA) is 67.8 Å². The van der Waals surface area contributed by atoms with Crippen molar-refractivity contribution in [2.75, 3.05) is 4.72 Å². The highest BCUT2D eigenvalue weighted by atomic mass is 35.5. The number of hydrogen-bond acceptors (Lipinski definition) is 4. The molecule has 29 heavy (non-hydrogen) atoms. The van der Waals surface area contributed by atoms with Crippen LogP contribution < -0.4 is 4.72 Å². The van der Waals surface area contributed by atoms with Gasteiger partial charge in [0.1, 0.15) is 6.61 Å². The molecule has 0 bridgehead atoms. The van der Waals surface area contributed by atoms with Crippen molar-refractivity contribution in [1.82, 2.24) is 0 Å². The van der Waals surface area contributed by atoms with Gasteiger partial charge in [-0.05, 0) is 42.3 Å². The highest BCUT2D eigenvalue weighted by Crippen LogP contribution is 2.29. The highest BCUT2D eigenvalue weighted by Gasteiger charge is 2.46. The zero-order chi connectivity index (χ0) is 21.7. The fraction of sp³-hybridized carbons (Fsp3) is 0.278. The molecular formula is C18H17Cl2F3N2O3S. The molecule has 2 aromatic rings. The molecule has 0 amide bonds. The van der Waals surface area contributed by atoms with E-state index in [9.17, 15) is 21.6 Å². The lowest BCUT2D eigenvalue weighted by Gasteiger charge is -2.15. The van der Waals surface area contributed by atoms with E-state index in [2.05, 4.69) is 5.16 Å². The second-order valence-corrected chi connectivity index (χ2v) is 8.48. The summed E-state index contributed by atoms with van der Waals surface area (Å²) < 4.78 is 62.8. The molecule has 0 aliphatic heterocycles. The van der Waals surface area contributed by atoms with E-state index in [1.54, 1.807) is 29.0 Å². The van der Waals surface area contributed by atoms with Gasteiger partial charge >= 0.3 is 15.5 Å². The monoisotopic (exact) mass is 468 g/mol. The average Bonchev–Trinajstić information content (AvgIpc) is 2.63. The molecule has 0 unspecified atom stereocenters. The Kier molecular flexibility index (Phi) is 7.79. The van der Waals surface area contributed by atoms with E-state index in [0.717, 1.165) is 11.6 Å². The fourth-order valence-corrected chi connectivity index (χ4v) is 3.16. The number of hydrogen-bond donors (Lipinski definition) is 1. The van der Waals surface area contributed by atoms with Crippen LogP contribution in [-0.2, 0) is 21.5 Å². The van der Waals surface area contributed by atoms with Gasteiger partial charge in [0.25, 0.3) is 0 Å². The van der Waals surface area contributed by atoms with Crippen LogP contribution in [0.2, 0.25) is 10.0 Å². The first-order valence-corrected chi connectivity index (χ1v) is 10.6. The van der Waals surface area contributed by atoms with Gasteiger partial charge in [-0.25, -0.2) is 0 Å². The van der Waals surface area contributed by atoms with Crippen LogP contribution in [0.15, 0.2) is 47.6 Å². The van der Waals surface area contributed by atoms with Gasteiger partial charge in [0.15, 0.2) is 0 Å². The van der Waals surface area contributed by atoms with Gasteiger partial charge in [0, 0.05) is 15.6 Å². The van der Waals surface area contributed by atoms with E-state index >= 15 is 0 Å². The SMILES string of the molecule is CCC/C(=N\OCc1ccc(Cl)cc1)c1cc(Cl)ccc1NS(=O)(=O)C(F)(F)F. The molecule has 1 N–H and O–H groups in total. The molecule has 0 radical (unpaired) electrons. The van der Waals surface area contributed by atoms with Crippen molar-refractivity contribution in [3.8, 4) is 0 Å². The molecule has 11 heteroatoms. The molecule has 0 atom stereocenters. The number of rotatable bonds is 8. The summed E-state index contributed by atoms with van der Waals surface area (Å²) in [6, 6.07) is 10.6. The van der Waals surface area contributed by atoms with E-state index in [1.807, 2.05) is 6.92 Å². The molecule has 0 aromatic heterocycles. The predicted molar refractivity (Wildman–Crippen MR) is 108 cm³/mol. The summed E-state index contributed by atoms with van der Waals surface area (Å²) in [4.78, 5) is 5.32. The molecule has 0 fully saturated rings. The second-order valence-electron chi connectivity index (χ2n) is 5.93. The maximum atomic E-state index is 12.8. The fourth-order valence-electron chi connectivity index (χ4n) is 2.28. The van der Waals surface area contributed by atoms with Crippen molar-refractivity contribution in [2.24, 2.45) is 5.16 Å². The summed E-state index contributed by atoms with van der Waals surface area (Å²) >= 11 is 11.8.